The molecule has 0 atom stereocenters. The maximum atomic E-state index is 12.3. The van der Waals surface area contributed by atoms with Crippen LogP contribution in [0.15, 0.2) is 36.8 Å². The summed E-state index contributed by atoms with van der Waals surface area (Å²) in [7, 11) is 1.89. The fourth-order valence-corrected chi connectivity index (χ4v) is 3.32. The summed E-state index contributed by atoms with van der Waals surface area (Å²) in [6, 6.07) is 5.91. The van der Waals surface area contributed by atoms with Gasteiger partial charge in [-0.15, -0.1) is 0 Å². The Morgan fingerprint density at radius 2 is 2.04 bits per heavy atom. The number of aromatic nitrogens is 4. The average Bonchev–Trinajstić information content (AvgIpc) is 3.26. The number of carbonyl (C=O) groups excluding carboxylic acids is 1. The minimum atomic E-state index is 0.220. The van der Waals surface area contributed by atoms with E-state index in [0.717, 1.165) is 40.9 Å². The lowest BCUT2D eigenvalue weighted by atomic mass is 10.1. The largest absolute Gasteiger partial charge is 0.298 e. The molecular weight excluding hydrogens is 314 g/mol. The molecule has 0 unspecified atom stereocenters. The predicted octanol–water partition coefficient (Wildman–Crippen LogP) is 2.24. The molecule has 0 bridgehead atoms. The normalized spacial score (nSPS) is 15.1. The maximum absolute atomic E-state index is 12.3. The molecule has 0 saturated carbocycles. The molecule has 4 heterocycles. The van der Waals surface area contributed by atoms with Crippen LogP contribution in [0.2, 0.25) is 0 Å². The number of pyridine rings is 2. The second kappa shape index (κ2) is 6.72. The molecule has 3 aromatic rings. The second-order valence-corrected chi connectivity index (χ2v) is 6.67. The van der Waals surface area contributed by atoms with E-state index in [2.05, 4.69) is 15.0 Å². The van der Waals surface area contributed by atoms with E-state index in [1.54, 1.807) is 17.1 Å². The third-order valence-electron chi connectivity index (χ3n) is 4.61. The van der Waals surface area contributed by atoms with Gasteiger partial charge in [-0.1, -0.05) is 0 Å². The molecule has 0 radical (unpaired) electrons. The number of rotatable bonds is 5. The zero-order chi connectivity index (χ0) is 17.2. The van der Waals surface area contributed by atoms with Gasteiger partial charge in [0, 0.05) is 36.1 Å². The number of carbonyl (C=O) groups is 1. The van der Waals surface area contributed by atoms with Crippen molar-refractivity contribution in [1.82, 2.24) is 24.6 Å². The molecule has 0 amide bonds. The van der Waals surface area contributed by atoms with Crippen molar-refractivity contribution in [3.05, 3.63) is 42.5 Å². The molecular formula is C19H21N5O. The minimum absolute atomic E-state index is 0.220. The summed E-state index contributed by atoms with van der Waals surface area (Å²) in [5.74, 6) is 0.220. The van der Waals surface area contributed by atoms with Crippen molar-refractivity contribution in [3.8, 4) is 11.3 Å². The second-order valence-electron chi connectivity index (χ2n) is 6.67. The highest BCUT2D eigenvalue weighted by atomic mass is 16.1. The molecule has 0 aliphatic carbocycles. The highest BCUT2D eigenvalue weighted by Gasteiger charge is 2.16. The number of ketones is 1. The van der Waals surface area contributed by atoms with Crippen LogP contribution < -0.4 is 0 Å². The average molecular weight is 335 g/mol. The number of hydrogen-bond acceptors (Lipinski definition) is 5. The van der Waals surface area contributed by atoms with E-state index in [4.69, 9.17) is 4.98 Å². The van der Waals surface area contributed by atoms with Crippen LogP contribution in [0, 0.1) is 0 Å². The van der Waals surface area contributed by atoms with Gasteiger partial charge >= 0.3 is 0 Å². The molecule has 1 aliphatic heterocycles. The van der Waals surface area contributed by atoms with E-state index in [1.165, 1.54) is 12.8 Å². The molecule has 0 spiro atoms. The van der Waals surface area contributed by atoms with Crippen molar-refractivity contribution >= 4 is 16.7 Å². The Labute approximate surface area is 146 Å². The van der Waals surface area contributed by atoms with E-state index in [-0.39, 0.29) is 5.78 Å². The number of fused-ring (bicyclic) bond motifs is 1. The van der Waals surface area contributed by atoms with E-state index < -0.39 is 0 Å². The van der Waals surface area contributed by atoms with E-state index in [9.17, 15) is 4.79 Å². The lowest BCUT2D eigenvalue weighted by Gasteiger charge is -2.13. The molecule has 0 aromatic carbocycles. The lowest BCUT2D eigenvalue weighted by Crippen LogP contribution is -2.27. The Morgan fingerprint density at radius 3 is 2.80 bits per heavy atom. The van der Waals surface area contributed by atoms with Crippen molar-refractivity contribution in [1.29, 1.82) is 0 Å². The Kier molecular flexibility index (Phi) is 4.28. The van der Waals surface area contributed by atoms with Crippen LogP contribution in [0.25, 0.3) is 22.2 Å². The number of aryl methyl sites for hydroxylation is 1. The first kappa shape index (κ1) is 15.9. The quantitative estimate of drug-likeness (QED) is 0.715. The summed E-state index contributed by atoms with van der Waals surface area (Å²) in [4.78, 5) is 23.7. The van der Waals surface area contributed by atoms with Crippen LogP contribution in [-0.2, 0) is 18.3 Å². The van der Waals surface area contributed by atoms with Crippen molar-refractivity contribution in [3.63, 3.8) is 0 Å². The van der Waals surface area contributed by atoms with Gasteiger partial charge in [0.25, 0.3) is 0 Å². The van der Waals surface area contributed by atoms with Gasteiger partial charge in [-0.25, -0.2) is 4.98 Å². The molecule has 128 valence electrons. The Morgan fingerprint density at radius 1 is 1.20 bits per heavy atom. The number of Topliss-reactive ketones (excluding diaryl/α,β-unsaturated/α-hetero) is 1. The highest BCUT2D eigenvalue weighted by molar-refractivity contribution is 5.85. The summed E-state index contributed by atoms with van der Waals surface area (Å²) in [6.07, 6.45) is 8.30. The van der Waals surface area contributed by atoms with Gasteiger partial charge in [0.1, 0.15) is 0 Å². The maximum Gasteiger partial charge on any atom is 0.152 e. The molecule has 1 saturated heterocycles. The number of hydrogen-bond donors (Lipinski definition) is 0. The van der Waals surface area contributed by atoms with Crippen molar-refractivity contribution in [2.45, 2.75) is 19.3 Å². The zero-order valence-corrected chi connectivity index (χ0v) is 14.4. The monoisotopic (exact) mass is 335 g/mol. The first-order valence-corrected chi connectivity index (χ1v) is 8.66. The minimum Gasteiger partial charge on any atom is -0.298 e. The van der Waals surface area contributed by atoms with Crippen LogP contribution in [0.5, 0.6) is 0 Å². The third kappa shape index (κ3) is 3.58. The van der Waals surface area contributed by atoms with Crippen LogP contribution >= 0.6 is 0 Å². The lowest BCUT2D eigenvalue weighted by molar-refractivity contribution is -0.119. The molecule has 25 heavy (non-hydrogen) atoms. The van der Waals surface area contributed by atoms with Gasteiger partial charge in [-0.05, 0) is 44.1 Å². The molecule has 0 N–H and O–H groups in total. The zero-order valence-electron chi connectivity index (χ0n) is 14.4. The van der Waals surface area contributed by atoms with E-state index in [1.807, 2.05) is 31.4 Å². The summed E-state index contributed by atoms with van der Waals surface area (Å²) in [5, 5.41) is 5.17. The topological polar surface area (TPSA) is 63.9 Å². The van der Waals surface area contributed by atoms with Gasteiger partial charge in [0.05, 0.1) is 30.4 Å². The van der Waals surface area contributed by atoms with Gasteiger partial charge in [0.15, 0.2) is 5.78 Å². The molecule has 1 fully saturated rings. The summed E-state index contributed by atoms with van der Waals surface area (Å²) in [6.45, 7) is 2.60. The smallest absolute Gasteiger partial charge is 0.152 e. The summed E-state index contributed by atoms with van der Waals surface area (Å²) >= 11 is 0. The highest BCUT2D eigenvalue weighted by Crippen LogP contribution is 2.20. The standard InChI is InChI=1S/C19H21N5O/c1-23-12-15(11-21-23)18-5-4-14-10-20-16(9-19(14)22-18)8-17(25)13-24-6-2-3-7-24/h4-5,9-12H,2-3,6-8,13H2,1H3. The fourth-order valence-electron chi connectivity index (χ4n) is 3.32. The third-order valence-corrected chi connectivity index (χ3v) is 4.61. The van der Waals surface area contributed by atoms with Crippen LogP contribution in [0.3, 0.4) is 0 Å². The molecule has 6 heteroatoms. The SMILES string of the molecule is Cn1cc(-c2ccc3cnc(CC(=O)CN4CCCC4)cc3n2)cn1. The summed E-state index contributed by atoms with van der Waals surface area (Å²) < 4.78 is 1.76. The molecule has 4 rings (SSSR count). The fraction of sp³-hybridized carbons (Fsp3) is 0.368. The number of likely N-dealkylation sites (tertiary alicyclic amines) is 1. The van der Waals surface area contributed by atoms with Gasteiger partial charge < -0.3 is 0 Å². The van der Waals surface area contributed by atoms with E-state index >= 15 is 0 Å². The molecule has 3 aromatic heterocycles. The Balaban J connectivity index is 1.54. The number of nitrogens with zero attached hydrogens (tertiary/aromatic N) is 5. The Hall–Kier alpha value is -2.60. The molecule has 1 aliphatic rings. The summed E-state index contributed by atoms with van der Waals surface area (Å²) in [5.41, 5.74) is 3.50. The van der Waals surface area contributed by atoms with Gasteiger partial charge in [-0.2, -0.15) is 5.10 Å². The van der Waals surface area contributed by atoms with Gasteiger partial charge in [-0.3, -0.25) is 19.4 Å². The van der Waals surface area contributed by atoms with Crippen LogP contribution in [0.1, 0.15) is 18.5 Å². The first-order chi connectivity index (χ1) is 12.2. The predicted molar refractivity (Wildman–Crippen MR) is 96.1 cm³/mol. The van der Waals surface area contributed by atoms with Crippen molar-refractivity contribution in [2.75, 3.05) is 19.6 Å². The van der Waals surface area contributed by atoms with E-state index in [0.29, 0.717) is 13.0 Å². The first-order valence-electron chi connectivity index (χ1n) is 8.66. The van der Waals surface area contributed by atoms with Crippen molar-refractivity contribution < 1.29 is 4.79 Å². The Bertz CT molecular complexity index is 911. The molecule has 6 nitrogen and oxygen atoms in total. The van der Waals surface area contributed by atoms with Crippen LogP contribution in [-0.4, -0.2) is 50.1 Å². The van der Waals surface area contributed by atoms with Crippen LogP contribution in [0.4, 0.5) is 0 Å². The van der Waals surface area contributed by atoms with Gasteiger partial charge in [0.2, 0.25) is 0 Å². The van der Waals surface area contributed by atoms with Crippen molar-refractivity contribution in [2.24, 2.45) is 7.05 Å².